The molecule has 0 amide bonds. The van der Waals surface area contributed by atoms with Gasteiger partial charge in [-0.25, -0.2) is 4.98 Å². The molecule has 0 saturated carbocycles. The van der Waals surface area contributed by atoms with Crippen molar-refractivity contribution in [3.8, 4) is 0 Å². The number of thiazole rings is 1. The first kappa shape index (κ1) is 13.7. The Labute approximate surface area is 103 Å². The van der Waals surface area contributed by atoms with Gasteiger partial charge in [0.1, 0.15) is 0 Å². The molecule has 1 N–H and O–H groups in total. The van der Waals surface area contributed by atoms with Crippen LogP contribution in [0.5, 0.6) is 0 Å². The molecule has 92 valence electrons. The van der Waals surface area contributed by atoms with Crippen LogP contribution in [0.1, 0.15) is 43.3 Å². The topological polar surface area (TPSA) is 24.9 Å². The van der Waals surface area contributed by atoms with E-state index in [-0.39, 0.29) is 0 Å². The minimum atomic E-state index is 0.685. The van der Waals surface area contributed by atoms with E-state index in [1.54, 1.807) is 0 Å². The Morgan fingerprint density at radius 3 is 2.25 bits per heavy atom. The Hall–Kier alpha value is -0.410. The van der Waals surface area contributed by atoms with Crippen molar-refractivity contribution in [2.24, 2.45) is 11.8 Å². The SMILES string of the molecule is CNCc1sc(CC(C)C)nc1CC(C)C. The Kier molecular flexibility index (Phi) is 5.42. The Morgan fingerprint density at radius 2 is 1.75 bits per heavy atom. The molecule has 0 atom stereocenters. The molecule has 0 radical (unpaired) electrons. The first-order valence-electron chi connectivity index (χ1n) is 6.15. The maximum Gasteiger partial charge on any atom is 0.0934 e. The summed E-state index contributed by atoms with van der Waals surface area (Å²) in [6.45, 7) is 9.97. The average Bonchev–Trinajstić information content (AvgIpc) is 2.46. The molecule has 0 aliphatic carbocycles. The molecule has 0 spiro atoms. The number of hydrogen-bond acceptors (Lipinski definition) is 3. The fourth-order valence-corrected chi connectivity index (χ4v) is 3.04. The molecular weight excluding hydrogens is 216 g/mol. The minimum Gasteiger partial charge on any atom is -0.315 e. The standard InChI is InChI=1S/C13H24N2S/c1-9(2)6-11-12(8-14-5)16-13(15-11)7-10(3)4/h9-10,14H,6-8H2,1-5H3. The van der Waals surface area contributed by atoms with Crippen molar-refractivity contribution in [3.63, 3.8) is 0 Å². The summed E-state index contributed by atoms with van der Waals surface area (Å²) < 4.78 is 0. The van der Waals surface area contributed by atoms with Gasteiger partial charge >= 0.3 is 0 Å². The van der Waals surface area contributed by atoms with E-state index in [0.717, 1.165) is 19.4 Å². The van der Waals surface area contributed by atoms with Crippen molar-refractivity contribution in [2.75, 3.05) is 7.05 Å². The third-order valence-corrected chi connectivity index (χ3v) is 3.46. The zero-order valence-electron chi connectivity index (χ0n) is 11.1. The highest BCUT2D eigenvalue weighted by Crippen LogP contribution is 2.23. The molecule has 16 heavy (non-hydrogen) atoms. The Bertz CT molecular complexity index is 316. The molecule has 0 unspecified atom stereocenters. The van der Waals surface area contributed by atoms with Crippen LogP contribution in [-0.2, 0) is 19.4 Å². The van der Waals surface area contributed by atoms with Crippen molar-refractivity contribution < 1.29 is 0 Å². The van der Waals surface area contributed by atoms with E-state index in [1.807, 2.05) is 18.4 Å². The van der Waals surface area contributed by atoms with E-state index in [1.165, 1.54) is 15.6 Å². The molecule has 1 heterocycles. The second kappa shape index (κ2) is 6.36. The normalized spacial score (nSPS) is 11.7. The van der Waals surface area contributed by atoms with Gasteiger partial charge in [-0.3, -0.25) is 0 Å². The smallest absolute Gasteiger partial charge is 0.0934 e. The van der Waals surface area contributed by atoms with E-state index >= 15 is 0 Å². The van der Waals surface area contributed by atoms with Crippen molar-refractivity contribution in [1.29, 1.82) is 0 Å². The maximum absolute atomic E-state index is 4.79. The van der Waals surface area contributed by atoms with Crippen LogP contribution in [0.25, 0.3) is 0 Å². The van der Waals surface area contributed by atoms with Crippen LogP contribution in [-0.4, -0.2) is 12.0 Å². The van der Waals surface area contributed by atoms with Gasteiger partial charge in [-0.05, 0) is 25.3 Å². The fraction of sp³-hybridized carbons (Fsp3) is 0.769. The van der Waals surface area contributed by atoms with E-state index in [2.05, 4.69) is 33.0 Å². The number of nitrogens with zero attached hydrogens (tertiary/aromatic N) is 1. The maximum atomic E-state index is 4.79. The van der Waals surface area contributed by atoms with Gasteiger partial charge in [-0.1, -0.05) is 27.7 Å². The highest BCUT2D eigenvalue weighted by atomic mass is 32.1. The minimum absolute atomic E-state index is 0.685. The first-order valence-corrected chi connectivity index (χ1v) is 6.96. The predicted molar refractivity (Wildman–Crippen MR) is 72.0 cm³/mol. The van der Waals surface area contributed by atoms with Crippen LogP contribution in [0.2, 0.25) is 0 Å². The monoisotopic (exact) mass is 240 g/mol. The van der Waals surface area contributed by atoms with Crippen molar-refractivity contribution in [2.45, 2.75) is 47.1 Å². The third-order valence-electron chi connectivity index (χ3n) is 2.34. The van der Waals surface area contributed by atoms with E-state index in [9.17, 15) is 0 Å². The Morgan fingerprint density at radius 1 is 1.12 bits per heavy atom. The molecular formula is C13H24N2S. The predicted octanol–water partition coefficient (Wildman–Crippen LogP) is 3.26. The summed E-state index contributed by atoms with van der Waals surface area (Å²) in [5.74, 6) is 1.38. The van der Waals surface area contributed by atoms with Crippen molar-refractivity contribution in [1.82, 2.24) is 10.3 Å². The van der Waals surface area contributed by atoms with Crippen LogP contribution in [0.4, 0.5) is 0 Å². The van der Waals surface area contributed by atoms with Crippen molar-refractivity contribution >= 4 is 11.3 Å². The third kappa shape index (κ3) is 4.22. The highest BCUT2D eigenvalue weighted by molar-refractivity contribution is 7.11. The lowest BCUT2D eigenvalue weighted by atomic mass is 10.1. The lowest BCUT2D eigenvalue weighted by Crippen LogP contribution is -2.07. The van der Waals surface area contributed by atoms with Gasteiger partial charge in [-0.15, -0.1) is 11.3 Å². The molecule has 0 aliphatic heterocycles. The number of rotatable bonds is 6. The first-order chi connectivity index (χ1) is 7.52. The van der Waals surface area contributed by atoms with Crippen molar-refractivity contribution in [3.05, 3.63) is 15.6 Å². The summed E-state index contributed by atoms with van der Waals surface area (Å²) in [5.41, 5.74) is 1.31. The summed E-state index contributed by atoms with van der Waals surface area (Å²) in [5, 5.41) is 4.54. The molecule has 2 nitrogen and oxygen atoms in total. The molecule has 0 aliphatic rings. The summed E-state index contributed by atoms with van der Waals surface area (Å²) in [6, 6.07) is 0. The van der Waals surface area contributed by atoms with Crippen LogP contribution in [0.15, 0.2) is 0 Å². The molecule has 1 aromatic rings. The second-order valence-electron chi connectivity index (χ2n) is 5.20. The fourth-order valence-electron chi connectivity index (χ4n) is 1.72. The lowest BCUT2D eigenvalue weighted by Gasteiger charge is -2.04. The van der Waals surface area contributed by atoms with Gasteiger partial charge < -0.3 is 5.32 Å². The summed E-state index contributed by atoms with van der Waals surface area (Å²) in [4.78, 5) is 6.21. The second-order valence-corrected chi connectivity index (χ2v) is 6.37. The molecule has 1 rings (SSSR count). The van der Waals surface area contributed by atoms with E-state index in [4.69, 9.17) is 4.98 Å². The molecule has 0 aromatic carbocycles. The van der Waals surface area contributed by atoms with Crippen LogP contribution >= 0.6 is 11.3 Å². The van der Waals surface area contributed by atoms with E-state index < -0.39 is 0 Å². The van der Waals surface area contributed by atoms with Crippen LogP contribution in [0.3, 0.4) is 0 Å². The highest BCUT2D eigenvalue weighted by Gasteiger charge is 2.12. The van der Waals surface area contributed by atoms with Crippen LogP contribution in [0, 0.1) is 11.8 Å². The molecule has 0 saturated heterocycles. The van der Waals surface area contributed by atoms with Gasteiger partial charge in [-0.2, -0.15) is 0 Å². The van der Waals surface area contributed by atoms with Gasteiger partial charge in [0.25, 0.3) is 0 Å². The molecule has 1 aromatic heterocycles. The Balaban J connectivity index is 2.81. The summed E-state index contributed by atoms with van der Waals surface area (Å²) >= 11 is 1.88. The molecule has 3 heteroatoms. The lowest BCUT2D eigenvalue weighted by molar-refractivity contribution is 0.618. The summed E-state index contributed by atoms with van der Waals surface area (Å²) in [6.07, 6.45) is 2.21. The van der Waals surface area contributed by atoms with Gasteiger partial charge in [0.15, 0.2) is 0 Å². The number of nitrogens with one attached hydrogen (secondary N) is 1. The number of aromatic nitrogens is 1. The van der Waals surface area contributed by atoms with Gasteiger partial charge in [0, 0.05) is 17.8 Å². The van der Waals surface area contributed by atoms with E-state index in [0.29, 0.717) is 11.8 Å². The average molecular weight is 240 g/mol. The van der Waals surface area contributed by atoms with Gasteiger partial charge in [0.2, 0.25) is 0 Å². The largest absolute Gasteiger partial charge is 0.315 e. The quantitative estimate of drug-likeness (QED) is 0.825. The zero-order chi connectivity index (χ0) is 12.1. The van der Waals surface area contributed by atoms with Crippen LogP contribution < -0.4 is 5.32 Å². The molecule has 0 fully saturated rings. The number of hydrogen-bond donors (Lipinski definition) is 1. The summed E-state index contributed by atoms with van der Waals surface area (Å²) in [7, 11) is 2.00. The zero-order valence-corrected chi connectivity index (χ0v) is 11.9. The molecule has 0 bridgehead atoms. The van der Waals surface area contributed by atoms with Gasteiger partial charge in [0.05, 0.1) is 10.7 Å².